The van der Waals surface area contributed by atoms with E-state index in [4.69, 9.17) is 0 Å². The number of H-pyrrole nitrogens is 1. The third-order valence-electron chi connectivity index (χ3n) is 6.04. The summed E-state index contributed by atoms with van der Waals surface area (Å²) >= 11 is 0. The smallest absolute Gasteiger partial charge is 0.336 e. The second-order valence-electron chi connectivity index (χ2n) is 9.01. The molecule has 0 saturated heterocycles. The molecule has 0 radical (unpaired) electrons. The van der Waals surface area contributed by atoms with Crippen LogP contribution in [-0.2, 0) is 19.3 Å². The van der Waals surface area contributed by atoms with Crippen molar-refractivity contribution in [2.45, 2.75) is 52.6 Å². The van der Waals surface area contributed by atoms with Crippen molar-refractivity contribution in [3.8, 4) is 11.1 Å². The van der Waals surface area contributed by atoms with Gasteiger partial charge in [-0.1, -0.05) is 56.3 Å². The zero-order valence-corrected chi connectivity index (χ0v) is 18.1. The number of imidazole rings is 1. The van der Waals surface area contributed by atoms with Gasteiger partial charge in [-0.05, 0) is 54.9 Å². The molecular formula is C25H30N2O3. The topological polar surface area (TPSA) is 86.2 Å². The minimum absolute atomic E-state index is 0.276. The molecule has 0 fully saturated rings. The Bertz CT molecular complexity index is 1010. The Balaban J connectivity index is 1.64. The quantitative estimate of drug-likeness (QED) is 0.497. The Morgan fingerprint density at radius 2 is 1.67 bits per heavy atom. The fourth-order valence-electron chi connectivity index (χ4n) is 3.33. The standard InChI is InChI=1S/C25H30N2O3/c1-24(2,25(3,4)30)15-19-16-26-22(27-19)14-11-17-9-12-18(13-10-17)20-7-5-6-8-21(20)23(28)29/h5-10,12-13,16,30H,11,14-15H2,1-4H3,(H,26,27)(H,28,29). The largest absolute Gasteiger partial charge is 0.478 e. The van der Waals surface area contributed by atoms with Gasteiger partial charge in [-0.2, -0.15) is 0 Å². The highest BCUT2D eigenvalue weighted by atomic mass is 16.4. The van der Waals surface area contributed by atoms with E-state index in [1.165, 1.54) is 5.56 Å². The SMILES string of the molecule is CC(C)(O)C(C)(C)Cc1c[nH]c(CCc2ccc(-c3ccccc3C(=O)O)cc2)n1. The maximum Gasteiger partial charge on any atom is 0.336 e. The van der Waals surface area contributed by atoms with Crippen molar-refractivity contribution in [3.63, 3.8) is 0 Å². The van der Waals surface area contributed by atoms with Crippen LogP contribution in [0, 0.1) is 5.41 Å². The van der Waals surface area contributed by atoms with E-state index in [2.05, 4.69) is 9.97 Å². The van der Waals surface area contributed by atoms with Crippen LogP contribution in [0.15, 0.2) is 54.7 Å². The molecule has 0 atom stereocenters. The van der Waals surface area contributed by atoms with Crippen molar-refractivity contribution in [2.24, 2.45) is 5.41 Å². The molecular weight excluding hydrogens is 376 g/mol. The highest BCUT2D eigenvalue weighted by molar-refractivity contribution is 5.95. The first-order valence-corrected chi connectivity index (χ1v) is 10.2. The summed E-state index contributed by atoms with van der Waals surface area (Å²) in [7, 11) is 0. The molecule has 1 heterocycles. The predicted octanol–water partition coefficient (Wildman–Crippen LogP) is 4.90. The molecule has 3 aromatic rings. The number of carbonyl (C=O) groups is 1. The lowest BCUT2D eigenvalue weighted by atomic mass is 9.74. The van der Waals surface area contributed by atoms with Crippen LogP contribution in [0.5, 0.6) is 0 Å². The van der Waals surface area contributed by atoms with Gasteiger partial charge in [0.2, 0.25) is 0 Å². The first-order valence-electron chi connectivity index (χ1n) is 10.2. The lowest BCUT2D eigenvalue weighted by Gasteiger charge is -2.36. The van der Waals surface area contributed by atoms with Crippen LogP contribution in [0.4, 0.5) is 0 Å². The molecule has 2 aromatic carbocycles. The first-order chi connectivity index (χ1) is 14.1. The monoisotopic (exact) mass is 406 g/mol. The Labute approximate surface area is 177 Å². The highest BCUT2D eigenvalue weighted by Gasteiger charge is 2.35. The van der Waals surface area contributed by atoms with Crippen molar-refractivity contribution < 1.29 is 15.0 Å². The van der Waals surface area contributed by atoms with E-state index >= 15 is 0 Å². The maximum absolute atomic E-state index is 11.4. The molecule has 0 unspecified atom stereocenters. The molecule has 0 aliphatic rings. The summed E-state index contributed by atoms with van der Waals surface area (Å²) in [6.07, 6.45) is 4.25. The van der Waals surface area contributed by atoms with Gasteiger partial charge in [-0.25, -0.2) is 9.78 Å². The second-order valence-corrected chi connectivity index (χ2v) is 9.01. The number of carboxylic acids is 1. The first kappa shape index (κ1) is 21.8. The molecule has 0 bridgehead atoms. The van der Waals surface area contributed by atoms with E-state index < -0.39 is 11.6 Å². The van der Waals surface area contributed by atoms with Crippen molar-refractivity contribution in [2.75, 3.05) is 0 Å². The van der Waals surface area contributed by atoms with E-state index in [0.29, 0.717) is 12.0 Å². The molecule has 0 saturated carbocycles. The van der Waals surface area contributed by atoms with E-state index in [-0.39, 0.29) is 5.41 Å². The number of carboxylic acid groups (broad SMARTS) is 1. The van der Waals surface area contributed by atoms with Gasteiger partial charge in [0.15, 0.2) is 0 Å². The van der Waals surface area contributed by atoms with Gasteiger partial charge in [0.1, 0.15) is 5.82 Å². The molecule has 3 rings (SSSR count). The minimum atomic E-state index is -0.920. The van der Waals surface area contributed by atoms with Crippen molar-refractivity contribution in [1.29, 1.82) is 0 Å². The van der Waals surface area contributed by atoms with Crippen LogP contribution in [0.25, 0.3) is 11.1 Å². The lowest BCUT2D eigenvalue weighted by molar-refractivity contribution is -0.0349. The van der Waals surface area contributed by atoms with Gasteiger partial charge in [0, 0.05) is 12.6 Å². The van der Waals surface area contributed by atoms with Crippen molar-refractivity contribution in [3.05, 3.63) is 77.4 Å². The Morgan fingerprint density at radius 3 is 2.30 bits per heavy atom. The minimum Gasteiger partial charge on any atom is -0.478 e. The number of aromatic nitrogens is 2. The summed E-state index contributed by atoms with van der Waals surface area (Å²) in [6.45, 7) is 7.76. The molecule has 0 spiro atoms. The zero-order chi connectivity index (χ0) is 21.9. The number of benzene rings is 2. The predicted molar refractivity (Wildman–Crippen MR) is 119 cm³/mol. The molecule has 158 valence electrons. The van der Waals surface area contributed by atoms with E-state index in [0.717, 1.165) is 35.5 Å². The van der Waals surface area contributed by atoms with Gasteiger partial charge in [0.25, 0.3) is 0 Å². The number of aryl methyl sites for hydroxylation is 2. The van der Waals surface area contributed by atoms with Crippen LogP contribution >= 0.6 is 0 Å². The second kappa shape index (κ2) is 8.44. The van der Waals surface area contributed by atoms with Gasteiger partial charge in [-0.15, -0.1) is 0 Å². The lowest BCUT2D eigenvalue weighted by Crippen LogP contribution is -2.40. The summed E-state index contributed by atoms with van der Waals surface area (Å²) in [5.74, 6) is 0.00732. The molecule has 5 nitrogen and oxygen atoms in total. The van der Waals surface area contributed by atoms with Gasteiger partial charge in [0.05, 0.1) is 16.9 Å². The number of nitrogens with zero attached hydrogens (tertiary/aromatic N) is 1. The number of aromatic carboxylic acids is 1. The maximum atomic E-state index is 11.4. The fraction of sp³-hybridized carbons (Fsp3) is 0.360. The average molecular weight is 407 g/mol. The highest BCUT2D eigenvalue weighted by Crippen LogP contribution is 2.33. The summed E-state index contributed by atoms with van der Waals surface area (Å²) in [5, 5.41) is 19.7. The molecule has 0 amide bonds. The number of nitrogens with one attached hydrogen (secondary N) is 1. The van der Waals surface area contributed by atoms with Crippen molar-refractivity contribution in [1.82, 2.24) is 9.97 Å². The number of rotatable bonds is 8. The van der Waals surface area contributed by atoms with Crippen LogP contribution < -0.4 is 0 Å². The summed E-state index contributed by atoms with van der Waals surface area (Å²) < 4.78 is 0. The van der Waals surface area contributed by atoms with Gasteiger partial charge in [-0.3, -0.25) is 0 Å². The number of hydrogen-bond donors (Lipinski definition) is 3. The third kappa shape index (κ3) is 4.97. The van der Waals surface area contributed by atoms with E-state index in [9.17, 15) is 15.0 Å². The van der Waals surface area contributed by atoms with Crippen LogP contribution in [0.3, 0.4) is 0 Å². The summed E-state index contributed by atoms with van der Waals surface area (Å²) in [5.41, 5.74) is 2.99. The number of aromatic amines is 1. The molecule has 1 aromatic heterocycles. The summed E-state index contributed by atoms with van der Waals surface area (Å²) in [4.78, 5) is 19.4. The molecule has 0 aliphatic carbocycles. The van der Waals surface area contributed by atoms with Crippen LogP contribution in [-0.4, -0.2) is 31.8 Å². The Hall–Kier alpha value is -2.92. The number of hydrogen-bond acceptors (Lipinski definition) is 3. The fourth-order valence-corrected chi connectivity index (χ4v) is 3.33. The molecule has 30 heavy (non-hydrogen) atoms. The third-order valence-corrected chi connectivity index (χ3v) is 6.04. The summed E-state index contributed by atoms with van der Waals surface area (Å²) in [6, 6.07) is 15.1. The number of aliphatic hydroxyl groups is 1. The van der Waals surface area contributed by atoms with Gasteiger partial charge < -0.3 is 15.2 Å². The Morgan fingerprint density at radius 1 is 1.00 bits per heavy atom. The van der Waals surface area contributed by atoms with Crippen molar-refractivity contribution >= 4 is 5.97 Å². The Kier molecular flexibility index (Phi) is 6.13. The van der Waals surface area contributed by atoms with Gasteiger partial charge >= 0.3 is 5.97 Å². The average Bonchev–Trinajstić information content (AvgIpc) is 3.12. The van der Waals surface area contributed by atoms with Crippen LogP contribution in [0.1, 0.15) is 55.1 Å². The van der Waals surface area contributed by atoms with Crippen LogP contribution in [0.2, 0.25) is 0 Å². The zero-order valence-electron chi connectivity index (χ0n) is 18.1. The van der Waals surface area contributed by atoms with E-state index in [1.54, 1.807) is 12.1 Å². The van der Waals surface area contributed by atoms with E-state index in [1.807, 2.05) is 70.3 Å². The molecule has 3 N–H and O–H groups in total. The molecule has 0 aliphatic heterocycles. The molecule has 5 heteroatoms. The normalized spacial score (nSPS) is 12.2.